The Hall–Kier alpha value is -2.12. The predicted molar refractivity (Wildman–Crippen MR) is 97.1 cm³/mol. The standard InChI is InChI=1S/C17H14BrN3O2S/c18-14-8-6-13(7-9-14)16-19-20-17(24-11-15(22)23)21(16)10-12-4-2-1-3-5-12/h1-9H,10-11H2,(H,22,23). The van der Waals surface area contributed by atoms with Crippen molar-refractivity contribution in [2.75, 3.05) is 5.75 Å². The molecule has 3 rings (SSSR count). The highest BCUT2D eigenvalue weighted by atomic mass is 79.9. The van der Waals surface area contributed by atoms with E-state index in [1.807, 2.05) is 59.2 Å². The summed E-state index contributed by atoms with van der Waals surface area (Å²) in [6.07, 6.45) is 0. The first kappa shape index (κ1) is 16.7. The van der Waals surface area contributed by atoms with Crippen LogP contribution in [0.2, 0.25) is 0 Å². The Morgan fingerprint density at radius 3 is 2.46 bits per heavy atom. The van der Waals surface area contributed by atoms with E-state index in [4.69, 9.17) is 5.11 Å². The van der Waals surface area contributed by atoms with Crippen molar-refractivity contribution in [1.82, 2.24) is 14.8 Å². The SMILES string of the molecule is O=C(O)CSc1nnc(-c2ccc(Br)cc2)n1Cc1ccccc1. The largest absolute Gasteiger partial charge is 0.481 e. The van der Waals surface area contributed by atoms with Crippen molar-refractivity contribution in [3.63, 3.8) is 0 Å². The number of carboxylic acid groups (broad SMARTS) is 1. The third-order valence-corrected chi connectivity index (χ3v) is 4.81. The summed E-state index contributed by atoms with van der Waals surface area (Å²) in [5, 5.41) is 18.0. The fraction of sp³-hybridized carbons (Fsp3) is 0.118. The fourth-order valence-electron chi connectivity index (χ4n) is 2.24. The maximum atomic E-state index is 10.9. The van der Waals surface area contributed by atoms with Gasteiger partial charge in [0.1, 0.15) is 0 Å². The van der Waals surface area contributed by atoms with E-state index in [1.165, 1.54) is 11.8 Å². The van der Waals surface area contributed by atoms with Crippen LogP contribution in [0.4, 0.5) is 0 Å². The first-order chi connectivity index (χ1) is 11.6. The van der Waals surface area contributed by atoms with Crippen molar-refractivity contribution in [1.29, 1.82) is 0 Å². The highest BCUT2D eigenvalue weighted by molar-refractivity contribution is 9.10. The number of carboxylic acids is 1. The molecule has 1 aromatic heterocycles. The molecule has 1 heterocycles. The molecule has 0 saturated carbocycles. The third-order valence-electron chi connectivity index (χ3n) is 3.33. The lowest BCUT2D eigenvalue weighted by Gasteiger charge is -2.10. The van der Waals surface area contributed by atoms with Crippen molar-refractivity contribution in [3.05, 3.63) is 64.6 Å². The van der Waals surface area contributed by atoms with Crippen molar-refractivity contribution >= 4 is 33.7 Å². The predicted octanol–water partition coefficient (Wildman–Crippen LogP) is 3.93. The first-order valence-electron chi connectivity index (χ1n) is 7.21. The van der Waals surface area contributed by atoms with Gasteiger partial charge >= 0.3 is 5.97 Å². The van der Waals surface area contributed by atoms with Crippen LogP contribution in [0.1, 0.15) is 5.56 Å². The van der Waals surface area contributed by atoms with E-state index >= 15 is 0 Å². The minimum absolute atomic E-state index is 0.0484. The van der Waals surface area contributed by atoms with Gasteiger partial charge < -0.3 is 5.11 Å². The lowest BCUT2D eigenvalue weighted by atomic mass is 10.2. The Morgan fingerprint density at radius 1 is 1.08 bits per heavy atom. The second kappa shape index (κ2) is 7.63. The summed E-state index contributed by atoms with van der Waals surface area (Å²) < 4.78 is 2.94. The van der Waals surface area contributed by atoms with Gasteiger partial charge in [0.2, 0.25) is 0 Å². The molecule has 0 amide bonds. The molecular formula is C17H14BrN3O2S. The van der Waals surface area contributed by atoms with E-state index in [0.29, 0.717) is 11.7 Å². The molecule has 0 atom stereocenters. The molecule has 0 aliphatic rings. The molecule has 24 heavy (non-hydrogen) atoms. The van der Waals surface area contributed by atoms with Gasteiger partial charge in [0.25, 0.3) is 0 Å². The summed E-state index contributed by atoms with van der Waals surface area (Å²) in [5.41, 5.74) is 2.04. The number of hydrogen-bond acceptors (Lipinski definition) is 4. The van der Waals surface area contributed by atoms with Crippen LogP contribution < -0.4 is 0 Å². The highest BCUT2D eigenvalue weighted by Gasteiger charge is 2.15. The third kappa shape index (κ3) is 4.04. The molecule has 122 valence electrons. The number of aromatic nitrogens is 3. The first-order valence-corrected chi connectivity index (χ1v) is 8.99. The van der Waals surface area contributed by atoms with Gasteiger partial charge in [0.05, 0.1) is 12.3 Å². The van der Waals surface area contributed by atoms with Gasteiger partial charge in [0, 0.05) is 10.0 Å². The number of halogens is 1. The van der Waals surface area contributed by atoms with Crippen LogP contribution in [-0.2, 0) is 11.3 Å². The van der Waals surface area contributed by atoms with E-state index in [1.54, 1.807) is 0 Å². The second-order valence-corrected chi connectivity index (χ2v) is 6.93. The summed E-state index contributed by atoms with van der Waals surface area (Å²) in [5.74, 6) is -0.202. The number of carbonyl (C=O) groups is 1. The van der Waals surface area contributed by atoms with Crippen LogP contribution in [-0.4, -0.2) is 31.6 Å². The molecule has 0 unspecified atom stereocenters. The van der Waals surface area contributed by atoms with Crippen molar-refractivity contribution < 1.29 is 9.90 Å². The Bertz CT molecular complexity index is 835. The minimum atomic E-state index is -0.876. The average molecular weight is 404 g/mol. The second-order valence-electron chi connectivity index (χ2n) is 5.07. The van der Waals surface area contributed by atoms with E-state index < -0.39 is 5.97 Å². The lowest BCUT2D eigenvalue weighted by molar-refractivity contribution is -0.133. The normalized spacial score (nSPS) is 10.7. The molecule has 3 aromatic rings. The molecule has 0 aliphatic heterocycles. The summed E-state index contributed by atoms with van der Waals surface area (Å²) in [6, 6.07) is 17.8. The van der Waals surface area contributed by atoms with Crippen LogP contribution in [0.5, 0.6) is 0 Å². The van der Waals surface area contributed by atoms with Gasteiger partial charge in [-0.25, -0.2) is 0 Å². The topological polar surface area (TPSA) is 68.0 Å². The summed E-state index contributed by atoms with van der Waals surface area (Å²) >= 11 is 4.60. The number of aliphatic carboxylic acids is 1. The van der Waals surface area contributed by atoms with Gasteiger partial charge in [0.15, 0.2) is 11.0 Å². The Balaban J connectivity index is 1.98. The van der Waals surface area contributed by atoms with Crippen molar-refractivity contribution in [3.8, 4) is 11.4 Å². The number of nitrogens with zero attached hydrogens (tertiary/aromatic N) is 3. The van der Waals surface area contributed by atoms with Gasteiger partial charge in [-0.1, -0.05) is 70.2 Å². The summed E-state index contributed by atoms with van der Waals surface area (Å²) in [6.45, 7) is 0.585. The lowest BCUT2D eigenvalue weighted by Crippen LogP contribution is -2.06. The van der Waals surface area contributed by atoms with E-state index in [9.17, 15) is 4.79 Å². The molecule has 0 spiro atoms. The Kier molecular flexibility index (Phi) is 5.32. The molecule has 5 nitrogen and oxygen atoms in total. The van der Waals surface area contributed by atoms with Crippen LogP contribution in [0, 0.1) is 0 Å². The maximum absolute atomic E-state index is 10.9. The highest BCUT2D eigenvalue weighted by Crippen LogP contribution is 2.26. The van der Waals surface area contributed by atoms with Gasteiger partial charge in [-0.2, -0.15) is 0 Å². The van der Waals surface area contributed by atoms with Crippen LogP contribution in [0.25, 0.3) is 11.4 Å². The van der Waals surface area contributed by atoms with E-state index in [-0.39, 0.29) is 5.75 Å². The minimum Gasteiger partial charge on any atom is -0.481 e. The average Bonchev–Trinajstić information content (AvgIpc) is 2.97. The van der Waals surface area contributed by atoms with Crippen LogP contribution >= 0.6 is 27.7 Å². The Labute approximate surface area is 151 Å². The summed E-state index contributed by atoms with van der Waals surface area (Å²) in [7, 11) is 0. The zero-order valence-electron chi connectivity index (χ0n) is 12.6. The molecular weight excluding hydrogens is 390 g/mol. The quantitative estimate of drug-likeness (QED) is 0.631. The molecule has 0 aliphatic carbocycles. The van der Waals surface area contributed by atoms with E-state index in [0.717, 1.165) is 21.4 Å². The number of thioether (sulfide) groups is 1. The molecule has 0 fully saturated rings. The Morgan fingerprint density at radius 2 is 1.79 bits per heavy atom. The molecule has 0 radical (unpaired) electrons. The smallest absolute Gasteiger partial charge is 0.313 e. The zero-order valence-corrected chi connectivity index (χ0v) is 15.0. The molecule has 1 N–H and O–H groups in total. The maximum Gasteiger partial charge on any atom is 0.313 e. The zero-order chi connectivity index (χ0) is 16.9. The van der Waals surface area contributed by atoms with Crippen molar-refractivity contribution in [2.45, 2.75) is 11.7 Å². The van der Waals surface area contributed by atoms with Gasteiger partial charge in [-0.3, -0.25) is 9.36 Å². The number of rotatable bonds is 6. The number of hydrogen-bond donors (Lipinski definition) is 1. The molecule has 0 saturated heterocycles. The van der Waals surface area contributed by atoms with Gasteiger partial charge in [-0.05, 0) is 17.7 Å². The van der Waals surface area contributed by atoms with Gasteiger partial charge in [-0.15, -0.1) is 10.2 Å². The summed E-state index contributed by atoms with van der Waals surface area (Å²) in [4.78, 5) is 10.9. The fourth-order valence-corrected chi connectivity index (χ4v) is 3.17. The molecule has 0 bridgehead atoms. The molecule has 7 heteroatoms. The molecule has 2 aromatic carbocycles. The van der Waals surface area contributed by atoms with Crippen LogP contribution in [0.3, 0.4) is 0 Å². The monoisotopic (exact) mass is 403 g/mol. The van der Waals surface area contributed by atoms with Crippen LogP contribution in [0.15, 0.2) is 64.2 Å². The number of benzene rings is 2. The van der Waals surface area contributed by atoms with E-state index in [2.05, 4.69) is 26.1 Å². The van der Waals surface area contributed by atoms with Crippen molar-refractivity contribution in [2.24, 2.45) is 0 Å².